The van der Waals surface area contributed by atoms with Gasteiger partial charge in [-0.05, 0) is 51.3 Å². The fraction of sp³-hybridized carbons (Fsp3) is 0.857. The van der Waals surface area contributed by atoms with Crippen molar-refractivity contribution in [2.75, 3.05) is 51.0 Å². The van der Waals surface area contributed by atoms with Crippen molar-refractivity contribution < 1.29 is 27.7 Å². The molecule has 0 heterocycles. The molecule has 0 aromatic rings. The van der Waals surface area contributed by atoms with Crippen LogP contribution >= 0.6 is 34.2 Å². The summed E-state index contributed by atoms with van der Waals surface area (Å²) >= 11 is 13.1. The number of nitrogens with one attached hydrogen (secondary N) is 2. The van der Waals surface area contributed by atoms with E-state index in [4.69, 9.17) is 41.7 Å². The van der Waals surface area contributed by atoms with Crippen LogP contribution in [0.2, 0.25) is 0 Å². The van der Waals surface area contributed by atoms with Gasteiger partial charge in [-0.3, -0.25) is 9.59 Å². The van der Waals surface area contributed by atoms with Crippen LogP contribution in [-0.2, 0) is 51.3 Å². The zero-order chi connectivity index (χ0) is 21.5. The Balaban J connectivity index is 4.08. The normalized spacial score (nSPS) is 12.0. The first-order chi connectivity index (χ1) is 13.2. The maximum absolute atomic E-state index is 11.9. The molecule has 166 valence electrons. The number of carbonyl (C=O) groups is 2. The first kappa shape index (κ1) is 28.8. The van der Waals surface area contributed by atoms with Crippen molar-refractivity contribution in [3.8, 4) is 0 Å². The molecule has 0 fully saturated rings. The van der Waals surface area contributed by atoms with Gasteiger partial charge in [0.15, 0.2) is 0 Å². The topological polar surface area (TPSA) is 95.1 Å². The minimum absolute atomic E-state index is 0.146. The van der Waals surface area contributed by atoms with Gasteiger partial charge in [0, 0.05) is 13.1 Å². The van der Waals surface area contributed by atoms with Gasteiger partial charge < -0.3 is 28.7 Å². The van der Waals surface area contributed by atoms with E-state index in [0.29, 0.717) is 39.5 Å². The first-order valence-corrected chi connectivity index (χ1v) is 17.3. The third-order valence-corrected chi connectivity index (χ3v) is 13.4. The molecule has 0 aromatic carbocycles. The smallest absolute Gasteiger partial charge is 0.247 e. The maximum Gasteiger partial charge on any atom is 0.247 e. The Morgan fingerprint density at radius 2 is 1.00 bits per heavy atom. The Labute approximate surface area is 186 Å². The summed E-state index contributed by atoms with van der Waals surface area (Å²) in [6.45, 7) is 9.73. The molecule has 0 spiro atoms. The summed E-state index contributed by atoms with van der Waals surface area (Å²) in [5, 5.41) is 5.45. The van der Waals surface area contributed by atoms with Gasteiger partial charge >= 0.3 is 0 Å². The summed E-state index contributed by atoms with van der Waals surface area (Å²) in [6, 6.07) is 0. The van der Waals surface area contributed by atoms with E-state index in [-0.39, 0.29) is 23.3 Å². The number of hydrogen-bond donors (Lipinski definition) is 2. The number of rotatable bonds is 17. The van der Waals surface area contributed by atoms with Crippen LogP contribution in [0.3, 0.4) is 0 Å². The third kappa shape index (κ3) is 13.9. The average Bonchev–Trinajstić information content (AvgIpc) is 2.63. The average molecular weight is 513 g/mol. The molecule has 2 N–H and O–H groups in total. The van der Waals surface area contributed by atoms with Crippen LogP contribution in [-0.4, -0.2) is 62.8 Å². The predicted molar refractivity (Wildman–Crippen MR) is 126 cm³/mol. The second-order valence-electron chi connectivity index (χ2n) is 4.81. The van der Waals surface area contributed by atoms with Crippen molar-refractivity contribution in [3.63, 3.8) is 0 Å². The Kier molecular flexibility index (Phi) is 16.9. The molecule has 0 bridgehead atoms. The molecule has 0 saturated carbocycles. The van der Waals surface area contributed by atoms with Gasteiger partial charge in [-0.25, -0.2) is 0 Å². The molecule has 2 amide bonds. The van der Waals surface area contributed by atoms with Gasteiger partial charge in [0.1, 0.15) is 0 Å². The maximum atomic E-state index is 11.9. The van der Waals surface area contributed by atoms with Gasteiger partial charge in [-0.15, -0.1) is 0 Å². The summed E-state index contributed by atoms with van der Waals surface area (Å²) in [7, 11) is 0. The van der Waals surface area contributed by atoms with E-state index in [1.165, 1.54) is 22.8 Å². The Bertz CT molecular complexity index is 502. The van der Waals surface area contributed by atoms with Crippen LogP contribution in [0.4, 0.5) is 0 Å². The molecule has 8 nitrogen and oxygen atoms in total. The molecule has 0 aromatic heterocycles. The monoisotopic (exact) mass is 512 g/mol. The number of carbonyl (C=O) groups excluding carboxylic acids is 2. The van der Waals surface area contributed by atoms with Crippen molar-refractivity contribution in [1.82, 2.24) is 10.6 Å². The Hall–Kier alpha value is 0.780. The highest BCUT2D eigenvalue weighted by atomic mass is 32.9. The molecule has 14 heteroatoms. The van der Waals surface area contributed by atoms with Gasteiger partial charge in [0.05, 0.1) is 37.9 Å². The molecule has 0 rings (SSSR count). The molecule has 0 radical (unpaired) electrons. The van der Waals surface area contributed by atoms with Crippen LogP contribution in [0.15, 0.2) is 0 Å². The fourth-order valence-electron chi connectivity index (χ4n) is 1.64. The number of amides is 2. The molecule has 0 unspecified atom stereocenters. The second kappa shape index (κ2) is 16.5. The minimum atomic E-state index is -2.48. The van der Waals surface area contributed by atoms with Gasteiger partial charge in [-0.2, -0.15) is 0 Å². The molecule has 0 aliphatic carbocycles. The van der Waals surface area contributed by atoms with Crippen LogP contribution < -0.4 is 10.6 Å². The van der Waals surface area contributed by atoms with Crippen LogP contribution in [0.1, 0.15) is 27.7 Å². The molecule has 28 heavy (non-hydrogen) atoms. The molecule has 0 atom stereocenters. The van der Waals surface area contributed by atoms with Crippen molar-refractivity contribution in [2.45, 2.75) is 27.7 Å². The molecule has 0 aliphatic heterocycles. The first-order valence-electron chi connectivity index (χ1n) is 8.84. The van der Waals surface area contributed by atoms with Crippen molar-refractivity contribution in [3.05, 3.63) is 0 Å². The third-order valence-electron chi connectivity index (χ3n) is 2.63. The lowest BCUT2D eigenvalue weighted by Crippen LogP contribution is -2.36. The Morgan fingerprint density at radius 3 is 1.25 bits per heavy atom. The minimum Gasteiger partial charge on any atom is -0.354 e. The van der Waals surface area contributed by atoms with E-state index in [9.17, 15) is 9.59 Å². The van der Waals surface area contributed by atoms with Gasteiger partial charge in [0.25, 0.3) is 0 Å². The molecular formula is C14H30N2O6P2S4. The predicted octanol–water partition coefficient (Wildman–Crippen LogP) is 3.28. The highest BCUT2D eigenvalue weighted by Crippen LogP contribution is 2.61. The lowest BCUT2D eigenvalue weighted by atomic mass is 10.5. The number of hydrogen-bond acceptors (Lipinski definition) is 10. The standard InChI is InChI=1S/C14H30N2O6P2S4/c1-5-19-23(25,20-6-2)27-11-13(17)15-9-10-16-14(18)12-28-24(26,21-7-3)22-8-4/h5-12H2,1-4H3,(H,15,17)(H,16,18). The highest BCUT2D eigenvalue weighted by molar-refractivity contribution is 8.68. The van der Waals surface area contributed by atoms with Crippen molar-refractivity contribution >= 4 is 69.6 Å². The van der Waals surface area contributed by atoms with Crippen molar-refractivity contribution in [2.24, 2.45) is 0 Å². The van der Waals surface area contributed by atoms with Crippen molar-refractivity contribution in [1.29, 1.82) is 0 Å². The van der Waals surface area contributed by atoms with E-state index in [1.54, 1.807) is 0 Å². The zero-order valence-electron chi connectivity index (χ0n) is 16.6. The zero-order valence-corrected chi connectivity index (χ0v) is 21.7. The largest absolute Gasteiger partial charge is 0.354 e. The SMILES string of the molecule is CCOP(=S)(OCC)SCC(=O)NCCNC(=O)CSP(=S)(OCC)OCC. The van der Waals surface area contributed by atoms with Crippen LogP contribution in [0.25, 0.3) is 0 Å². The van der Waals surface area contributed by atoms with E-state index in [0.717, 1.165) is 0 Å². The fourth-order valence-corrected chi connectivity index (χ4v) is 10.1. The van der Waals surface area contributed by atoms with E-state index in [1.807, 2.05) is 27.7 Å². The lowest BCUT2D eigenvalue weighted by molar-refractivity contribution is -0.120. The highest BCUT2D eigenvalue weighted by Gasteiger charge is 2.21. The molecular weight excluding hydrogens is 482 g/mol. The summed E-state index contributed by atoms with van der Waals surface area (Å²) in [5.41, 5.74) is -4.96. The summed E-state index contributed by atoms with van der Waals surface area (Å²) < 4.78 is 21.9. The van der Waals surface area contributed by atoms with Crippen LogP contribution in [0, 0.1) is 0 Å². The van der Waals surface area contributed by atoms with E-state index < -0.39 is 11.4 Å². The molecule has 0 aliphatic rings. The van der Waals surface area contributed by atoms with E-state index in [2.05, 4.69) is 10.6 Å². The Morgan fingerprint density at radius 1 is 0.714 bits per heavy atom. The van der Waals surface area contributed by atoms with Gasteiger partial charge in [0.2, 0.25) is 23.2 Å². The quantitative estimate of drug-likeness (QED) is 0.223. The summed E-state index contributed by atoms with van der Waals surface area (Å²) in [4.78, 5) is 23.8. The van der Waals surface area contributed by atoms with Crippen LogP contribution in [0.5, 0.6) is 0 Å². The molecule has 0 saturated heterocycles. The summed E-state index contributed by atoms with van der Waals surface area (Å²) in [5.74, 6) is -0.0877. The lowest BCUT2D eigenvalue weighted by Gasteiger charge is -2.20. The second-order valence-corrected chi connectivity index (χ2v) is 17.4. The summed E-state index contributed by atoms with van der Waals surface area (Å²) in [6.07, 6.45) is 0. The van der Waals surface area contributed by atoms with Gasteiger partial charge in [-0.1, -0.05) is 22.8 Å². The van der Waals surface area contributed by atoms with E-state index >= 15 is 0 Å².